The number of aromatic nitrogens is 1. The monoisotopic (exact) mass is 328 g/mol. The molecule has 21 heavy (non-hydrogen) atoms. The molecule has 0 saturated heterocycles. The summed E-state index contributed by atoms with van der Waals surface area (Å²) >= 11 is 1.68. The van der Waals surface area contributed by atoms with Crippen molar-refractivity contribution in [1.82, 2.24) is 9.71 Å². The van der Waals surface area contributed by atoms with Crippen molar-refractivity contribution in [2.75, 3.05) is 6.54 Å². The maximum Gasteiger partial charge on any atom is 0.213 e. The van der Waals surface area contributed by atoms with Gasteiger partial charge in [0.05, 0.1) is 5.25 Å². The van der Waals surface area contributed by atoms with Crippen LogP contribution in [0, 0.1) is 11.8 Å². The van der Waals surface area contributed by atoms with Gasteiger partial charge in [-0.25, -0.2) is 18.1 Å². The van der Waals surface area contributed by atoms with Crippen molar-refractivity contribution < 1.29 is 8.42 Å². The Hall–Kier alpha value is -0.720. The van der Waals surface area contributed by atoms with E-state index in [4.69, 9.17) is 0 Å². The van der Waals surface area contributed by atoms with Crippen molar-refractivity contribution >= 4 is 26.9 Å². The molecule has 0 amide bonds. The predicted molar refractivity (Wildman–Crippen MR) is 88.7 cm³/mol. The fourth-order valence-electron chi connectivity index (χ4n) is 2.53. The second-order valence-electron chi connectivity index (χ2n) is 6.02. The lowest BCUT2D eigenvalue weighted by Crippen LogP contribution is -2.36. The molecule has 1 aromatic rings. The van der Waals surface area contributed by atoms with E-state index in [1.54, 1.807) is 25.2 Å². The third kappa shape index (κ3) is 4.37. The lowest BCUT2D eigenvalue weighted by atomic mass is 9.81. The van der Waals surface area contributed by atoms with E-state index in [0.717, 1.165) is 24.3 Å². The third-order valence-electron chi connectivity index (χ3n) is 4.19. The molecule has 0 spiro atoms. The summed E-state index contributed by atoms with van der Waals surface area (Å²) in [6, 6.07) is 0. The van der Waals surface area contributed by atoms with Crippen molar-refractivity contribution in [2.45, 2.75) is 45.3 Å². The van der Waals surface area contributed by atoms with Crippen LogP contribution in [-0.4, -0.2) is 25.2 Å². The molecule has 2 rings (SSSR count). The van der Waals surface area contributed by atoms with Gasteiger partial charge in [0.1, 0.15) is 5.01 Å². The minimum atomic E-state index is -3.15. The van der Waals surface area contributed by atoms with E-state index in [2.05, 4.69) is 22.7 Å². The van der Waals surface area contributed by atoms with Crippen LogP contribution in [0.5, 0.6) is 0 Å². The van der Waals surface area contributed by atoms with E-state index >= 15 is 0 Å². The van der Waals surface area contributed by atoms with Crippen molar-refractivity contribution in [3.8, 4) is 0 Å². The lowest BCUT2D eigenvalue weighted by molar-refractivity contribution is 0.334. The highest BCUT2D eigenvalue weighted by molar-refractivity contribution is 7.90. The average molecular weight is 329 g/mol. The first-order chi connectivity index (χ1) is 9.90. The van der Waals surface area contributed by atoms with Gasteiger partial charge in [-0.3, -0.25) is 0 Å². The van der Waals surface area contributed by atoms with E-state index in [0.29, 0.717) is 18.4 Å². The normalized spacial score (nSPS) is 21.3. The van der Waals surface area contributed by atoms with Crippen LogP contribution in [0.3, 0.4) is 0 Å². The van der Waals surface area contributed by atoms with Crippen LogP contribution in [0.25, 0.3) is 5.57 Å². The van der Waals surface area contributed by atoms with Crippen molar-refractivity contribution in [2.24, 2.45) is 11.8 Å². The van der Waals surface area contributed by atoms with Gasteiger partial charge in [0.2, 0.25) is 10.0 Å². The van der Waals surface area contributed by atoms with Crippen molar-refractivity contribution in [1.29, 1.82) is 0 Å². The minimum Gasteiger partial charge on any atom is -0.245 e. The summed E-state index contributed by atoms with van der Waals surface area (Å²) in [6.45, 7) is 6.08. The van der Waals surface area contributed by atoms with Gasteiger partial charge in [-0.15, -0.1) is 11.3 Å². The van der Waals surface area contributed by atoms with Crippen LogP contribution in [0.1, 0.15) is 45.0 Å². The SMILES string of the molecule is CC(CNS(=O)(=O)C(C)C)C1CC=C(c2nccs2)CC1. The number of sulfonamides is 1. The van der Waals surface area contributed by atoms with Crippen LogP contribution < -0.4 is 4.72 Å². The molecule has 0 aliphatic heterocycles. The summed E-state index contributed by atoms with van der Waals surface area (Å²) in [4.78, 5) is 4.36. The van der Waals surface area contributed by atoms with Gasteiger partial charge in [0, 0.05) is 18.1 Å². The number of allylic oxidation sites excluding steroid dienone is 2. The Labute approximate surface area is 131 Å². The Balaban J connectivity index is 1.87. The zero-order valence-corrected chi connectivity index (χ0v) is 14.5. The highest BCUT2D eigenvalue weighted by Gasteiger charge is 2.24. The first-order valence-corrected chi connectivity index (χ1v) is 9.90. The summed E-state index contributed by atoms with van der Waals surface area (Å²) in [5, 5.41) is 2.76. The van der Waals surface area contributed by atoms with Crippen LogP contribution in [0.15, 0.2) is 17.7 Å². The Morgan fingerprint density at radius 1 is 1.43 bits per heavy atom. The Morgan fingerprint density at radius 2 is 2.19 bits per heavy atom. The van der Waals surface area contributed by atoms with Gasteiger partial charge < -0.3 is 0 Å². The molecule has 1 aliphatic carbocycles. The molecule has 1 N–H and O–H groups in total. The van der Waals surface area contributed by atoms with Gasteiger partial charge in [0.25, 0.3) is 0 Å². The van der Waals surface area contributed by atoms with E-state index in [-0.39, 0.29) is 5.25 Å². The van der Waals surface area contributed by atoms with Gasteiger partial charge in [0.15, 0.2) is 0 Å². The average Bonchev–Trinajstić information content (AvgIpc) is 2.99. The molecular formula is C15H24N2O2S2. The van der Waals surface area contributed by atoms with Crippen LogP contribution >= 0.6 is 11.3 Å². The first-order valence-electron chi connectivity index (χ1n) is 7.47. The quantitative estimate of drug-likeness (QED) is 0.871. The maximum atomic E-state index is 11.8. The predicted octanol–water partition coefficient (Wildman–Crippen LogP) is 3.29. The number of hydrogen-bond donors (Lipinski definition) is 1. The molecular weight excluding hydrogens is 304 g/mol. The van der Waals surface area contributed by atoms with Gasteiger partial charge in [-0.2, -0.15) is 0 Å². The first kappa shape index (κ1) is 16.6. The maximum absolute atomic E-state index is 11.8. The minimum absolute atomic E-state index is 0.354. The number of hydrogen-bond acceptors (Lipinski definition) is 4. The molecule has 0 aromatic carbocycles. The van der Waals surface area contributed by atoms with E-state index in [9.17, 15) is 8.42 Å². The molecule has 1 heterocycles. The number of rotatable bonds is 6. The van der Waals surface area contributed by atoms with E-state index in [1.807, 2.05) is 11.6 Å². The third-order valence-corrected chi connectivity index (χ3v) is 6.85. The molecule has 0 fully saturated rings. The van der Waals surface area contributed by atoms with Crippen molar-refractivity contribution in [3.63, 3.8) is 0 Å². The topological polar surface area (TPSA) is 59.1 Å². The second-order valence-corrected chi connectivity index (χ2v) is 9.24. The summed E-state index contributed by atoms with van der Waals surface area (Å²) < 4.78 is 26.3. The van der Waals surface area contributed by atoms with Gasteiger partial charge in [-0.05, 0) is 50.5 Å². The standard InChI is InChI=1S/C15H24N2O2S2/c1-11(2)21(18,19)17-10-12(3)13-4-6-14(7-5-13)15-16-8-9-20-15/h6,8-9,11-13,17H,4-5,7,10H2,1-3H3. The number of nitrogens with zero attached hydrogens (tertiary/aromatic N) is 1. The molecule has 0 radical (unpaired) electrons. The fraction of sp³-hybridized carbons (Fsp3) is 0.667. The summed E-state index contributed by atoms with van der Waals surface area (Å²) in [5.41, 5.74) is 1.34. The van der Waals surface area contributed by atoms with E-state index < -0.39 is 10.0 Å². The second kappa shape index (κ2) is 7.03. The zero-order valence-electron chi connectivity index (χ0n) is 12.9. The van der Waals surface area contributed by atoms with Gasteiger partial charge >= 0.3 is 0 Å². The Morgan fingerprint density at radius 3 is 2.71 bits per heavy atom. The molecule has 118 valence electrons. The van der Waals surface area contributed by atoms with Gasteiger partial charge in [-0.1, -0.05) is 13.0 Å². The smallest absolute Gasteiger partial charge is 0.213 e. The number of nitrogens with one attached hydrogen (secondary N) is 1. The molecule has 1 aliphatic rings. The summed E-state index contributed by atoms with van der Waals surface area (Å²) in [7, 11) is -3.15. The van der Waals surface area contributed by atoms with E-state index in [1.165, 1.54) is 5.57 Å². The van der Waals surface area contributed by atoms with Crippen LogP contribution in [-0.2, 0) is 10.0 Å². The van der Waals surface area contributed by atoms with Crippen molar-refractivity contribution in [3.05, 3.63) is 22.7 Å². The fourth-order valence-corrected chi connectivity index (χ4v) is 4.07. The Bertz CT molecular complexity index is 577. The lowest BCUT2D eigenvalue weighted by Gasteiger charge is -2.27. The van der Waals surface area contributed by atoms with Crippen LogP contribution in [0.4, 0.5) is 0 Å². The highest BCUT2D eigenvalue weighted by atomic mass is 32.2. The molecule has 2 atom stereocenters. The molecule has 6 heteroatoms. The largest absolute Gasteiger partial charge is 0.245 e. The summed E-state index contributed by atoms with van der Waals surface area (Å²) in [6.07, 6.45) is 7.28. The number of thiazole rings is 1. The molecule has 0 saturated carbocycles. The van der Waals surface area contributed by atoms with Crippen LogP contribution in [0.2, 0.25) is 0 Å². The zero-order chi connectivity index (χ0) is 15.5. The molecule has 2 unspecified atom stereocenters. The Kier molecular flexibility index (Phi) is 5.57. The molecule has 4 nitrogen and oxygen atoms in total. The molecule has 0 bridgehead atoms. The summed E-state index contributed by atoms with van der Waals surface area (Å²) in [5.74, 6) is 0.899. The molecule has 1 aromatic heterocycles. The highest BCUT2D eigenvalue weighted by Crippen LogP contribution is 2.34.